The highest BCUT2D eigenvalue weighted by Gasteiger charge is 2.31. The van der Waals surface area contributed by atoms with Crippen molar-refractivity contribution >= 4 is 17.3 Å². The fourth-order valence-electron chi connectivity index (χ4n) is 2.32. The van der Waals surface area contributed by atoms with Gasteiger partial charge in [-0.1, -0.05) is 13.8 Å². The summed E-state index contributed by atoms with van der Waals surface area (Å²) in [6, 6.07) is 2.42. The molecule has 1 saturated heterocycles. The van der Waals surface area contributed by atoms with E-state index >= 15 is 0 Å². The molecule has 4 nitrogen and oxygen atoms in total. The molecule has 1 fully saturated rings. The third kappa shape index (κ3) is 2.25. The van der Waals surface area contributed by atoms with Gasteiger partial charge in [0.25, 0.3) is 0 Å². The average molecular weight is 252 g/mol. The molecular weight excluding hydrogens is 235 g/mol. The van der Waals surface area contributed by atoms with E-state index in [0.717, 1.165) is 19.0 Å². The molecule has 0 amide bonds. The van der Waals surface area contributed by atoms with E-state index in [-0.39, 0.29) is 16.7 Å². The second kappa shape index (κ2) is 4.15. The number of halogens is 1. The first kappa shape index (κ1) is 12.7. The molecule has 1 aliphatic heterocycles. The molecule has 0 unspecified atom stereocenters. The summed E-state index contributed by atoms with van der Waals surface area (Å²) >= 11 is 0. The van der Waals surface area contributed by atoms with E-state index in [0.29, 0.717) is 12.2 Å². The van der Waals surface area contributed by atoms with Crippen molar-refractivity contribution in [2.45, 2.75) is 20.3 Å². The van der Waals surface area contributed by atoms with Crippen molar-refractivity contribution in [3.05, 3.63) is 23.5 Å². The van der Waals surface area contributed by atoms with Crippen LogP contribution in [0.25, 0.3) is 0 Å². The van der Waals surface area contributed by atoms with Gasteiger partial charge in [-0.25, -0.2) is 9.18 Å². The number of nitrogen functional groups attached to an aromatic ring is 1. The third-order valence-electron chi connectivity index (χ3n) is 3.37. The van der Waals surface area contributed by atoms with Crippen LogP contribution in [0.4, 0.5) is 15.8 Å². The Morgan fingerprint density at radius 3 is 2.67 bits per heavy atom. The molecule has 1 aliphatic rings. The summed E-state index contributed by atoms with van der Waals surface area (Å²) in [5.41, 5.74) is 5.87. The van der Waals surface area contributed by atoms with Gasteiger partial charge in [-0.3, -0.25) is 0 Å². The van der Waals surface area contributed by atoms with Crippen LogP contribution in [0, 0.1) is 11.2 Å². The van der Waals surface area contributed by atoms with Crippen LogP contribution in [0.3, 0.4) is 0 Å². The van der Waals surface area contributed by atoms with Crippen LogP contribution < -0.4 is 10.6 Å². The fourth-order valence-corrected chi connectivity index (χ4v) is 2.32. The third-order valence-corrected chi connectivity index (χ3v) is 3.37. The van der Waals surface area contributed by atoms with Crippen molar-refractivity contribution in [1.29, 1.82) is 0 Å². The molecule has 0 saturated carbocycles. The fraction of sp³-hybridized carbons (Fsp3) is 0.462. The summed E-state index contributed by atoms with van der Waals surface area (Å²) in [4.78, 5) is 12.9. The highest BCUT2D eigenvalue weighted by Crippen LogP contribution is 2.35. The molecule has 18 heavy (non-hydrogen) atoms. The zero-order chi connectivity index (χ0) is 13.5. The first-order valence-electron chi connectivity index (χ1n) is 5.87. The van der Waals surface area contributed by atoms with Crippen LogP contribution in [-0.2, 0) is 0 Å². The summed E-state index contributed by atoms with van der Waals surface area (Å²) in [6.45, 7) is 5.67. The molecule has 1 aromatic carbocycles. The smallest absolute Gasteiger partial charge is 0.337 e. The Morgan fingerprint density at radius 1 is 1.50 bits per heavy atom. The topological polar surface area (TPSA) is 66.6 Å². The molecule has 1 heterocycles. The van der Waals surface area contributed by atoms with E-state index in [9.17, 15) is 9.18 Å². The number of nitrogens with two attached hydrogens (primary N) is 1. The van der Waals surface area contributed by atoms with E-state index in [1.54, 1.807) is 0 Å². The number of rotatable bonds is 2. The lowest BCUT2D eigenvalue weighted by atomic mass is 9.93. The zero-order valence-electron chi connectivity index (χ0n) is 10.5. The Kier molecular flexibility index (Phi) is 2.92. The highest BCUT2D eigenvalue weighted by molar-refractivity contribution is 5.95. The number of carboxylic acid groups (broad SMARTS) is 1. The second-order valence-electron chi connectivity index (χ2n) is 5.53. The predicted octanol–water partition coefficient (Wildman–Crippen LogP) is 2.34. The van der Waals surface area contributed by atoms with Crippen LogP contribution in [0.15, 0.2) is 12.1 Å². The largest absolute Gasteiger partial charge is 0.478 e. The highest BCUT2D eigenvalue weighted by atomic mass is 19.1. The number of hydrogen-bond acceptors (Lipinski definition) is 3. The zero-order valence-corrected chi connectivity index (χ0v) is 10.5. The van der Waals surface area contributed by atoms with Gasteiger partial charge < -0.3 is 15.7 Å². The SMILES string of the molecule is CC1(C)CCN(c2cc(C(=O)O)c(N)cc2F)C1. The van der Waals surface area contributed by atoms with E-state index in [2.05, 4.69) is 13.8 Å². The number of benzene rings is 1. The van der Waals surface area contributed by atoms with Gasteiger partial charge in [0.1, 0.15) is 5.82 Å². The van der Waals surface area contributed by atoms with Gasteiger partial charge in [-0.2, -0.15) is 0 Å². The summed E-state index contributed by atoms with van der Waals surface area (Å²) in [6.07, 6.45) is 0.958. The summed E-state index contributed by atoms with van der Waals surface area (Å²) in [7, 11) is 0. The normalized spacial score (nSPS) is 18.1. The molecule has 3 N–H and O–H groups in total. The molecule has 2 rings (SSSR count). The summed E-state index contributed by atoms with van der Waals surface area (Å²) < 4.78 is 13.9. The minimum absolute atomic E-state index is 0.0396. The van der Waals surface area contributed by atoms with Crippen LogP contribution in [0.1, 0.15) is 30.6 Å². The van der Waals surface area contributed by atoms with Crippen molar-refractivity contribution < 1.29 is 14.3 Å². The van der Waals surface area contributed by atoms with Gasteiger partial charge in [0.15, 0.2) is 0 Å². The molecule has 0 atom stereocenters. The minimum Gasteiger partial charge on any atom is -0.478 e. The van der Waals surface area contributed by atoms with E-state index in [4.69, 9.17) is 10.8 Å². The molecule has 0 radical (unpaired) electrons. The lowest BCUT2D eigenvalue weighted by Crippen LogP contribution is -2.24. The Balaban J connectivity index is 2.39. The van der Waals surface area contributed by atoms with Crippen LogP contribution in [0.5, 0.6) is 0 Å². The summed E-state index contributed by atoms with van der Waals surface area (Å²) in [5.74, 6) is -1.59. The van der Waals surface area contributed by atoms with Crippen molar-refractivity contribution in [3.8, 4) is 0 Å². The van der Waals surface area contributed by atoms with E-state index in [1.165, 1.54) is 6.07 Å². The Bertz CT molecular complexity index is 500. The van der Waals surface area contributed by atoms with Crippen molar-refractivity contribution in [3.63, 3.8) is 0 Å². The maximum absolute atomic E-state index is 13.9. The molecule has 0 aromatic heterocycles. The maximum Gasteiger partial charge on any atom is 0.337 e. The van der Waals surface area contributed by atoms with Crippen molar-refractivity contribution in [2.75, 3.05) is 23.7 Å². The Hall–Kier alpha value is -1.78. The standard InChI is InChI=1S/C13H17FN2O2/c1-13(2)3-4-16(7-13)11-5-8(12(17)18)10(15)6-9(11)14/h5-6H,3-4,7,15H2,1-2H3,(H,17,18). The first-order valence-corrected chi connectivity index (χ1v) is 5.87. The van der Waals surface area contributed by atoms with Gasteiger partial charge in [0.05, 0.1) is 11.3 Å². The molecule has 0 bridgehead atoms. The van der Waals surface area contributed by atoms with E-state index in [1.807, 2.05) is 4.90 Å². The number of nitrogens with zero attached hydrogens (tertiary/aromatic N) is 1. The van der Waals surface area contributed by atoms with Gasteiger partial charge in [0.2, 0.25) is 0 Å². The molecule has 1 aromatic rings. The minimum atomic E-state index is -1.13. The summed E-state index contributed by atoms with van der Waals surface area (Å²) in [5, 5.41) is 9.01. The predicted molar refractivity (Wildman–Crippen MR) is 68.4 cm³/mol. The molecule has 98 valence electrons. The molecule has 0 aliphatic carbocycles. The Morgan fingerprint density at radius 2 is 2.17 bits per heavy atom. The molecule has 0 spiro atoms. The average Bonchev–Trinajstić information content (AvgIpc) is 2.58. The monoisotopic (exact) mass is 252 g/mol. The number of carbonyl (C=O) groups is 1. The van der Waals surface area contributed by atoms with Gasteiger partial charge in [-0.05, 0) is 24.0 Å². The van der Waals surface area contributed by atoms with Crippen LogP contribution in [-0.4, -0.2) is 24.2 Å². The maximum atomic E-state index is 13.9. The number of carboxylic acids is 1. The second-order valence-corrected chi connectivity index (χ2v) is 5.53. The number of aromatic carboxylic acids is 1. The number of anilines is 2. The van der Waals surface area contributed by atoms with Crippen molar-refractivity contribution in [1.82, 2.24) is 0 Å². The van der Waals surface area contributed by atoms with Crippen molar-refractivity contribution in [2.24, 2.45) is 5.41 Å². The molecular formula is C13H17FN2O2. The lowest BCUT2D eigenvalue weighted by Gasteiger charge is -2.22. The number of hydrogen-bond donors (Lipinski definition) is 2. The quantitative estimate of drug-likeness (QED) is 0.793. The van der Waals surface area contributed by atoms with Crippen LogP contribution >= 0.6 is 0 Å². The lowest BCUT2D eigenvalue weighted by molar-refractivity contribution is 0.0698. The van der Waals surface area contributed by atoms with Gasteiger partial charge in [-0.15, -0.1) is 0 Å². The first-order chi connectivity index (χ1) is 8.30. The Labute approximate surface area is 105 Å². The van der Waals surface area contributed by atoms with E-state index < -0.39 is 11.8 Å². The van der Waals surface area contributed by atoms with Gasteiger partial charge in [0, 0.05) is 18.8 Å². The van der Waals surface area contributed by atoms with Crippen LogP contribution in [0.2, 0.25) is 0 Å². The van der Waals surface area contributed by atoms with Gasteiger partial charge >= 0.3 is 5.97 Å². The molecule has 5 heteroatoms.